The first kappa shape index (κ1) is 15.2. The van der Waals surface area contributed by atoms with Crippen LogP contribution in [-0.2, 0) is 4.79 Å². The van der Waals surface area contributed by atoms with Crippen LogP contribution in [0, 0.1) is 0 Å². The van der Waals surface area contributed by atoms with Crippen LogP contribution >= 0.6 is 0 Å². The number of alkyl halides is 4. The highest BCUT2D eigenvalue weighted by Crippen LogP contribution is 2.28. The number of hydrogen-bond acceptors (Lipinski definition) is 3. The highest BCUT2D eigenvalue weighted by molar-refractivity contribution is 5.67. The Bertz CT molecular complexity index is 436. The highest BCUT2D eigenvalue weighted by Gasteiger charge is 2.43. The molecule has 0 bridgehead atoms. The molecule has 0 aromatic heterocycles. The van der Waals surface area contributed by atoms with Crippen LogP contribution in [-0.4, -0.2) is 23.6 Å². The maximum Gasteiger partial charge on any atom is 0.461 e. The van der Waals surface area contributed by atoms with Crippen molar-refractivity contribution in [3.63, 3.8) is 0 Å². The Labute approximate surface area is 105 Å². The van der Waals surface area contributed by atoms with Gasteiger partial charge in [-0.3, -0.25) is 4.79 Å². The van der Waals surface area contributed by atoms with Crippen LogP contribution in [0.15, 0.2) is 24.3 Å². The fraction of sp³-hybridized carbons (Fsp3) is 0.364. The maximum atomic E-state index is 12.6. The molecule has 0 aliphatic carbocycles. The molecule has 3 N–H and O–H groups in total. The summed E-state index contributed by atoms with van der Waals surface area (Å²) in [5.74, 6) is -1.58. The quantitative estimate of drug-likeness (QED) is 0.785. The summed E-state index contributed by atoms with van der Waals surface area (Å²) in [5.41, 5.74) is 5.90. The minimum absolute atomic E-state index is 0.340. The molecule has 1 atom stereocenters. The molecule has 4 nitrogen and oxygen atoms in total. The summed E-state index contributed by atoms with van der Waals surface area (Å²) in [6, 6.07) is 3.71. The van der Waals surface area contributed by atoms with Crippen molar-refractivity contribution in [2.45, 2.75) is 25.0 Å². The molecule has 0 spiro atoms. The van der Waals surface area contributed by atoms with Crippen LogP contribution in [0.5, 0.6) is 5.75 Å². The lowest BCUT2D eigenvalue weighted by Gasteiger charge is -2.17. The second-order valence-electron chi connectivity index (χ2n) is 3.74. The Morgan fingerprint density at radius 2 is 1.84 bits per heavy atom. The van der Waals surface area contributed by atoms with Gasteiger partial charge in [0.25, 0.3) is 0 Å². The molecule has 0 aliphatic rings. The van der Waals surface area contributed by atoms with E-state index in [4.69, 9.17) is 10.8 Å². The van der Waals surface area contributed by atoms with E-state index in [9.17, 15) is 22.4 Å². The molecule has 0 radical (unpaired) electrons. The molecule has 1 aromatic carbocycles. The Kier molecular flexibility index (Phi) is 4.71. The zero-order chi connectivity index (χ0) is 14.6. The maximum absolute atomic E-state index is 12.6. The van der Waals surface area contributed by atoms with Crippen molar-refractivity contribution in [3.05, 3.63) is 29.8 Å². The standard InChI is InChI=1S/C11H11F4NO3/c12-10(13)11(14,15)19-7-3-1-6(2-4-7)8(16)5-9(17)18/h1-4,8,10H,5,16H2,(H,17,18)/t8-/m1/s1. The molecule has 8 heteroatoms. The molecule has 1 aromatic rings. The smallest absolute Gasteiger partial charge is 0.461 e. The molecule has 0 aliphatic heterocycles. The Balaban J connectivity index is 2.74. The average molecular weight is 281 g/mol. The van der Waals surface area contributed by atoms with E-state index in [-0.39, 0.29) is 6.42 Å². The van der Waals surface area contributed by atoms with E-state index in [0.717, 1.165) is 12.1 Å². The van der Waals surface area contributed by atoms with Gasteiger partial charge in [0.05, 0.1) is 6.42 Å². The number of rotatable bonds is 6. The van der Waals surface area contributed by atoms with Gasteiger partial charge in [0, 0.05) is 6.04 Å². The van der Waals surface area contributed by atoms with Crippen LogP contribution in [0.4, 0.5) is 17.6 Å². The van der Waals surface area contributed by atoms with Crippen LogP contribution in [0.3, 0.4) is 0 Å². The highest BCUT2D eigenvalue weighted by atomic mass is 19.3. The summed E-state index contributed by atoms with van der Waals surface area (Å²) in [5, 5.41) is 8.53. The zero-order valence-corrected chi connectivity index (χ0v) is 9.52. The van der Waals surface area contributed by atoms with Gasteiger partial charge in [-0.1, -0.05) is 12.1 Å². The lowest BCUT2D eigenvalue weighted by atomic mass is 10.0. The SMILES string of the molecule is N[C@H](CC(=O)O)c1ccc(OC(F)(F)C(F)F)cc1. The van der Waals surface area contributed by atoms with Crippen LogP contribution < -0.4 is 10.5 Å². The number of benzene rings is 1. The third-order valence-corrected chi connectivity index (χ3v) is 2.21. The van der Waals surface area contributed by atoms with Crippen molar-refractivity contribution in [2.24, 2.45) is 5.73 Å². The van der Waals surface area contributed by atoms with Crippen molar-refractivity contribution < 1.29 is 32.2 Å². The summed E-state index contributed by atoms with van der Waals surface area (Å²) in [7, 11) is 0. The summed E-state index contributed by atoms with van der Waals surface area (Å²) >= 11 is 0. The second-order valence-corrected chi connectivity index (χ2v) is 3.74. The predicted molar refractivity (Wildman–Crippen MR) is 57.2 cm³/mol. The van der Waals surface area contributed by atoms with Crippen LogP contribution in [0.25, 0.3) is 0 Å². The fourth-order valence-electron chi connectivity index (χ4n) is 1.29. The first-order chi connectivity index (χ1) is 8.72. The molecular formula is C11H11F4NO3. The number of carboxylic acid groups (broad SMARTS) is 1. The van der Waals surface area contributed by atoms with Crippen molar-refractivity contribution in [3.8, 4) is 5.75 Å². The normalized spacial score (nSPS) is 13.4. The van der Waals surface area contributed by atoms with Gasteiger partial charge in [0.2, 0.25) is 0 Å². The Hall–Kier alpha value is -1.83. The van der Waals surface area contributed by atoms with Gasteiger partial charge in [0.1, 0.15) is 5.75 Å². The number of halogens is 4. The number of aliphatic carboxylic acids is 1. The molecule has 0 heterocycles. The largest absolute Gasteiger partial charge is 0.481 e. The van der Waals surface area contributed by atoms with Gasteiger partial charge in [-0.2, -0.15) is 17.6 Å². The summed E-state index contributed by atoms with van der Waals surface area (Å²) in [4.78, 5) is 10.4. The van der Waals surface area contributed by atoms with Gasteiger partial charge in [-0.05, 0) is 17.7 Å². The summed E-state index contributed by atoms with van der Waals surface area (Å²) in [6.45, 7) is 0. The third-order valence-electron chi connectivity index (χ3n) is 2.21. The van der Waals surface area contributed by atoms with Crippen molar-refractivity contribution in [2.75, 3.05) is 0 Å². The lowest BCUT2D eigenvalue weighted by Crippen LogP contribution is -2.33. The summed E-state index contributed by atoms with van der Waals surface area (Å²) in [6.07, 6.45) is -8.86. The van der Waals surface area contributed by atoms with Crippen molar-refractivity contribution in [1.29, 1.82) is 0 Å². The molecular weight excluding hydrogens is 270 g/mol. The Morgan fingerprint density at radius 1 is 1.32 bits per heavy atom. The monoisotopic (exact) mass is 281 g/mol. The first-order valence-electron chi connectivity index (χ1n) is 5.14. The molecule has 0 unspecified atom stereocenters. The number of ether oxygens (including phenoxy) is 1. The number of nitrogens with two attached hydrogens (primary N) is 1. The van der Waals surface area contributed by atoms with Gasteiger partial charge < -0.3 is 15.6 Å². The number of hydrogen-bond donors (Lipinski definition) is 2. The van der Waals surface area contributed by atoms with Crippen molar-refractivity contribution in [1.82, 2.24) is 0 Å². The van der Waals surface area contributed by atoms with E-state index in [0.29, 0.717) is 5.56 Å². The molecule has 0 saturated heterocycles. The molecule has 1 rings (SSSR count). The third kappa shape index (κ3) is 4.40. The molecule has 0 fully saturated rings. The van der Waals surface area contributed by atoms with Gasteiger partial charge in [-0.15, -0.1) is 0 Å². The van der Waals surface area contributed by atoms with Gasteiger partial charge >= 0.3 is 18.5 Å². The number of carbonyl (C=O) groups is 1. The van der Waals surface area contributed by atoms with E-state index >= 15 is 0 Å². The average Bonchev–Trinajstić information content (AvgIpc) is 2.28. The van der Waals surface area contributed by atoms with Gasteiger partial charge in [-0.25, -0.2) is 0 Å². The molecule has 106 valence electrons. The zero-order valence-electron chi connectivity index (χ0n) is 9.52. The lowest BCUT2D eigenvalue weighted by molar-refractivity contribution is -0.253. The topological polar surface area (TPSA) is 72.6 Å². The van der Waals surface area contributed by atoms with E-state index in [1.54, 1.807) is 0 Å². The van der Waals surface area contributed by atoms with E-state index in [1.807, 2.05) is 0 Å². The molecule has 0 amide bonds. The minimum atomic E-state index is -4.58. The van der Waals surface area contributed by atoms with Crippen LogP contribution in [0.1, 0.15) is 18.0 Å². The van der Waals surface area contributed by atoms with Crippen molar-refractivity contribution >= 4 is 5.97 Å². The Morgan fingerprint density at radius 3 is 2.26 bits per heavy atom. The fourth-order valence-corrected chi connectivity index (χ4v) is 1.29. The van der Waals surface area contributed by atoms with Gasteiger partial charge in [0.15, 0.2) is 0 Å². The first-order valence-corrected chi connectivity index (χ1v) is 5.14. The number of carboxylic acids is 1. The summed E-state index contributed by atoms with van der Waals surface area (Å²) < 4.78 is 52.8. The molecule has 19 heavy (non-hydrogen) atoms. The van der Waals surface area contributed by atoms with E-state index in [1.165, 1.54) is 12.1 Å². The minimum Gasteiger partial charge on any atom is -0.481 e. The van der Waals surface area contributed by atoms with E-state index in [2.05, 4.69) is 4.74 Å². The molecule has 0 saturated carbocycles. The van der Waals surface area contributed by atoms with Crippen LogP contribution in [0.2, 0.25) is 0 Å². The predicted octanol–water partition coefficient (Wildman–Crippen LogP) is 2.40. The van der Waals surface area contributed by atoms with E-state index < -0.39 is 30.3 Å². The second kappa shape index (κ2) is 5.87.